The van der Waals surface area contributed by atoms with Crippen LogP contribution < -0.4 is 4.90 Å². The largest absolute Gasteiger partial charge is 0.478 e. The van der Waals surface area contributed by atoms with E-state index in [-0.39, 0.29) is 11.8 Å². The summed E-state index contributed by atoms with van der Waals surface area (Å²) in [5.41, 5.74) is 1.92. The normalized spacial score (nSPS) is 24.7. The van der Waals surface area contributed by atoms with Gasteiger partial charge >= 0.3 is 5.97 Å². The molecule has 4 rings (SSSR count). The van der Waals surface area contributed by atoms with Crippen molar-refractivity contribution in [2.45, 2.75) is 20.3 Å². The summed E-state index contributed by atoms with van der Waals surface area (Å²) in [6.45, 7) is 6.47. The molecule has 1 aromatic carbocycles. The molecule has 1 N–H and O–H groups in total. The van der Waals surface area contributed by atoms with Gasteiger partial charge in [-0.05, 0) is 24.6 Å². The topological polar surface area (TPSA) is 60.9 Å². The number of carbonyl (C=O) groups excluding carboxylic acids is 1. The Morgan fingerprint density at radius 1 is 1.23 bits per heavy atom. The van der Waals surface area contributed by atoms with Crippen LogP contribution in [-0.2, 0) is 9.59 Å². The minimum atomic E-state index is -0.924. The van der Waals surface area contributed by atoms with E-state index in [9.17, 15) is 14.7 Å². The maximum atomic E-state index is 13.0. The van der Waals surface area contributed by atoms with Gasteiger partial charge in [0.15, 0.2) is 0 Å². The molecule has 2 heterocycles. The Balaban J connectivity index is 1.50. The molecule has 1 unspecified atom stereocenters. The van der Waals surface area contributed by atoms with E-state index in [1.807, 2.05) is 36.9 Å². The van der Waals surface area contributed by atoms with Crippen LogP contribution in [0.15, 0.2) is 53.8 Å². The van der Waals surface area contributed by atoms with Crippen LogP contribution in [-0.4, -0.2) is 41.5 Å². The second-order valence-electron chi connectivity index (χ2n) is 8.07. The number of likely N-dealkylation sites (tertiary alicyclic amines) is 1. The number of carboxylic acid groups (broad SMARTS) is 1. The molecule has 2 aliphatic heterocycles. The molecule has 5 heteroatoms. The van der Waals surface area contributed by atoms with Crippen molar-refractivity contribution in [2.24, 2.45) is 17.3 Å². The van der Waals surface area contributed by atoms with E-state index in [0.717, 1.165) is 18.8 Å². The molecule has 1 amide bonds. The van der Waals surface area contributed by atoms with E-state index in [4.69, 9.17) is 0 Å². The first-order valence-electron chi connectivity index (χ1n) is 9.15. The first-order chi connectivity index (χ1) is 12.4. The van der Waals surface area contributed by atoms with E-state index >= 15 is 0 Å². The molecule has 0 saturated carbocycles. The predicted octanol–water partition coefficient (Wildman–Crippen LogP) is 2.91. The van der Waals surface area contributed by atoms with Gasteiger partial charge in [-0.2, -0.15) is 0 Å². The lowest BCUT2D eigenvalue weighted by Crippen LogP contribution is -2.52. The Morgan fingerprint density at radius 2 is 1.92 bits per heavy atom. The molecule has 1 aromatic rings. The molecule has 0 radical (unpaired) electrons. The van der Waals surface area contributed by atoms with Crippen LogP contribution in [0.3, 0.4) is 0 Å². The van der Waals surface area contributed by atoms with Crippen molar-refractivity contribution in [3.8, 4) is 0 Å². The molecule has 0 bridgehead atoms. The fourth-order valence-corrected chi connectivity index (χ4v) is 4.36. The zero-order valence-electron chi connectivity index (χ0n) is 15.2. The van der Waals surface area contributed by atoms with Crippen LogP contribution in [0.4, 0.5) is 5.69 Å². The van der Waals surface area contributed by atoms with E-state index in [2.05, 4.69) is 17.0 Å². The van der Waals surface area contributed by atoms with Crippen molar-refractivity contribution in [1.29, 1.82) is 0 Å². The van der Waals surface area contributed by atoms with Gasteiger partial charge in [0.2, 0.25) is 5.91 Å². The number of carbonyl (C=O) groups is 2. The van der Waals surface area contributed by atoms with Crippen LogP contribution in [0.1, 0.15) is 20.3 Å². The summed E-state index contributed by atoms with van der Waals surface area (Å²) in [4.78, 5) is 28.5. The molecule has 1 atom stereocenters. The third kappa shape index (κ3) is 2.62. The van der Waals surface area contributed by atoms with Crippen LogP contribution in [0.25, 0.3) is 0 Å². The molecule has 1 aliphatic carbocycles. The third-order valence-electron chi connectivity index (χ3n) is 5.98. The molecule has 2 fully saturated rings. The number of anilines is 1. The van der Waals surface area contributed by atoms with Crippen molar-refractivity contribution in [3.63, 3.8) is 0 Å². The summed E-state index contributed by atoms with van der Waals surface area (Å²) in [6.07, 6.45) is 4.07. The average molecular weight is 352 g/mol. The number of carboxylic acids is 1. The summed E-state index contributed by atoms with van der Waals surface area (Å²) in [6, 6.07) is 10.3. The molecule has 26 heavy (non-hydrogen) atoms. The molecule has 3 aliphatic rings. The first kappa shape index (κ1) is 16.9. The van der Waals surface area contributed by atoms with Crippen molar-refractivity contribution in [3.05, 3.63) is 53.8 Å². The summed E-state index contributed by atoms with van der Waals surface area (Å²) >= 11 is 0. The minimum absolute atomic E-state index is 0.0726. The van der Waals surface area contributed by atoms with Gasteiger partial charge in [0.05, 0.1) is 11.0 Å². The highest BCUT2D eigenvalue weighted by molar-refractivity contribution is 5.93. The summed E-state index contributed by atoms with van der Waals surface area (Å²) in [5.74, 6) is -0.323. The fraction of sp³-hybridized carbons (Fsp3) is 0.429. The molecule has 2 saturated heterocycles. The summed E-state index contributed by atoms with van der Waals surface area (Å²) in [7, 11) is 0. The predicted molar refractivity (Wildman–Crippen MR) is 99.5 cm³/mol. The number of amides is 1. The van der Waals surface area contributed by atoms with Crippen LogP contribution in [0.2, 0.25) is 0 Å². The number of benzene rings is 1. The van der Waals surface area contributed by atoms with E-state index in [1.54, 1.807) is 12.2 Å². The Morgan fingerprint density at radius 3 is 2.58 bits per heavy atom. The van der Waals surface area contributed by atoms with Gasteiger partial charge in [-0.1, -0.05) is 38.1 Å². The molecule has 136 valence electrons. The van der Waals surface area contributed by atoms with Crippen molar-refractivity contribution >= 4 is 17.6 Å². The van der Waals surface area contributed by atoms with Gasteiger partial charge in [-0.15, -0.1) is 0 Å². The van der Waals surface area contributed by atoms with Crippen LogP contribution in [0, 0.1) is 17.3 Å². The van der Waals surface area contributed by atoms with Crippen LogP contribution in [0.5, 0.6) is 0 Å². The van der Waals surface area contributed by atoms with E-state index in [0.29, 0.717) is 24.5 Å². The second kappa shape index (κ2) is 6.01. The number of aliphatic carboxylic acids is 1. The molecule has 0 aromatic heterocycles. The van der Waals surface area contributed by atoms with E-state index in [1.165, 1.54) is 5.69 Å². The fourth-order valence-electron chi connectivity index (χ4n) is 4.36. The molecule has 5 nitrogen and oxygen atoms in total. The Hall–Kier alpha value is -2.56. The minimum Gasteiger partial charge on any atom is -0.478 e. The highest BCUT2D eigenvalue weighted by atomic mass is 16.4. The maximum absolute atomic E-state index is 13.0. The number of hydrogen-bond acceptors (Lipinski definition) is 3. The van der Waals surface area contributed by atoms with Gasteiger partial charge in [-0.3, -0.25) is 4.79 Å². The molecular formula is C21H24N2O3. The number of hydrogen-bond donors (Lipinski definition) is 1. The number of rotatable bonds is 4. The third-order valence-corrected chi connectivity index (χ3v) is 5.98. The number of fused-ring (bicyclic) bond motifs is 1. The maximum Gasteiger partial charge on any atom is 0.335 e. The monoisotopic (exact) mass is 352 g/mol. The Kier molecular flexibility index (Phi) is 3.90. The van der Waals surface area contributed by atoms with Gasteiger partial charge in [-0.25, -0.2) is 4.79 Å². The smallest absolute Gasteiger partial charge is 0.335 e. The lowest BCUT2D eigenvalue weighted by molar-refractivity contribution is -0.135. The van der Waals surface area contributed by atoms with Gasteiger partial charge < -0.3 is 14.9 Å². The van der Waals surface area contributed by atoms with Crippen molar-refractivity contribution < 1.29 is 14.7 Å². The SMILES string of the molecule is CC1(C)C(=O)N(CC2CN(c3ccccc3)C2)C2=CC(C(=O)O)=CCC21. The highest BCUT2D eigenvalue weighted by Crippen LogP contribution is 2.48. The lowest BCUT2D eigenvalue weighted by atomic mass is 9.76. The highest BCUT2D eigenvalue weighted by Gasteiger charge is 2.51. The Bertz CT molecular complexity index is 804. The second-order valence-corrected chi connectivity index (χ2v) is 8.07. The van der Waals surface area contributed by atoms with Crippen molar-refractivity contribution in [2.75, 3.05) is 24.5 Å². The lowest BCUT2D eigenvalue weighted by Gasteiger charge is -2.43. The first-order valence-corrected chi connectivity index (χ1v) is 9.15. The molecular weight excluding hydrogens is 328 g/mol. The van der Waals surface area contributed by atoms with Crippen LogP contribution >= 0.6 is 0 Å². The standard InChI is InChI=1S/C21H24N2O3/c1-21(2)17-9-8-15(19(24)25)10-18(17)23(20(21)26)13-14-11-22(12-14)16-6-4-3-5-7-16/h3-8,10,14,17H,9,11-13H2,1-2H3,(H,24,25). The number of para-hydroxylation sites is 1. The van der Waals surface area contributed by atoms with Crippen molar-refractivity contribution in [1.82, 2.24) is 4.90 Å². The van der Waals surface area contributed by atoms with E-state index < -0.39 is 11.4 Å². The van der Waals surface area contributed by atoms with Gasteiger partial charge in [0.25, 0.3) is 0 Å². The molecule has 0 spiro atoms. The number of allylic oxidation sites excluding steroid dienone is 2. The average Bonchev–Trinajstić information content (AvgIpc) is 2.78. The Labute approximate surface area is 153 Å². The van der Waals surface area contributed by atoms with Gasteiger partial charge in [0.1, 0.15) is 0 Å². The van der Waals surface area contributed by atoms with Gasteiger partial charge in [0, 0.05) is 42.9 Å². The summed E-state index contributed by atoms with van der Waals surface area (Å²) < 4.78 is 0. The number of nitrogens with zero attached hydrogens (tertiary/aromatic N) is 2. The zero-order chi connectivity index (χ0) is 18.5. The summed E-state index contributed by atoms with van der Waals surface area (Å²) in [5, 5.41) is 9.32. The quantitative estimate of drug-likeness (QED) is 0.905. The zero-order valence-corrected chi connectivity index (χ0v) is 15.2.